The van der Waals surface area contributed by atoms with Crippen LogP contribution in [0.25, 0.3) is 0 Å². The Balaban J connectivity index is 1.83. The van der Waals surface area contributed by atoms with Crippen molar-refractivity contribution >= 4 is 10.0 Å². The zero-order valence-corrected chi connectivity index (χ0v) is 10.4. The Morgan fingerprint density at radius 2 is 1.47 bits per heavy atom. The normalized spacial score (nSPS) is 31.8. The molecule has 4 rings (SSSR count). The van der Waals surface area contributed by atoms with Crippen LogP contribution in [0.5, 0.6) is 0 Å². The molecule has 2 unspecified atom stereocenters. The van der Waals surface area contributed by atoms with Gasteiger partial charge < -0.3 is 0 Å². The smallest absolute Gasteiger partial charge is 0.212 e. The lowest BCUT2D eigenvalue weighted by atomic mass is 9.92. The van der Waals surface area contributed by atoms with Crippen LogP contribution in [0, 0.1) is 0 Å². The summed E-state index contributed by atoms with van der Waals surface area (Å²) in [6, 6.07) is 8.47. The van der Waals surface area contributed by atoms with Gasteiger partial charge in [0.25, 0.3) is 0 Å². The molecule has 3 aliphatic rings. The van der Waals surface area contributed by atoms with Crippen LogP contribution in [0.3, 0.4) is 0 Å². The van der Waals surface area contributed by atoms with Gasteiger partial charge in [-0.15, -0.1) is 0 Å². The first-order chi connectivity index (χ1) is 8.19. The van der Waals surface area contributed by atoms with E-state index in [4.69, 9.17) is 0 Å². The summed E-state index contributed by atoms with van der Waals surface area (Å²) < 4.78 is 26.7. The largest absolute Gasteiger partial charge is 0.218 e. The summed E-state index contributed by atoms with van der Waals surface area (Å²) in [6.07, 6.45) is 3.70. The van der Waals surface area contributed by atoms with Crippen LogP contribution in [-0.4, -0.2) is 18.0 Å². The quantitative estimate of drug-likeness (QED) is 0.807. The Labute approximate surface area is 101 Å². The van der Waals surface area contributed by atoms with E-state index in [2.05, 4.69) is 12.1 Å². The maximum atomic E-state index is 12.5. The number of hydrogen-bond donors (Lipinski definition) is 0. The summed E-state index contributed by atoms with van der Waals surface area (Å²) in [5.41, 5.74) is 2.49. The average Bonchev–Trinajstić information content (AvgIpc) is 3.04. The molecule has 2 bridgehead atoms. The van der Waals surface area contributed by atoms with E-state index in [-0.39, 0.29) is 17.3 Å². The van der Waals surface area contributed by atoms with Gasteiger partial charge in [-0.05, 0) is 36.8 Å². The first-order valence-electron chi connectivity index (χ1n) is 6.31. The molecule has 2 fully saturated rings. The molecule has 0 aromatic heterocycles. The molecule has 1 saturated heterocycles. The maximum Gasteiger partial charge on any atom is 0.218 e. The third kappa shape index (κ3) is 1.23. The van der Waals surface area contributed by atoms with Gasteiger partial charge in [-0.3, -0.25) is 0 Å². The second kappa shape index (κ2) is 3.12. The summed E-state index contributed by atoms with van der Waals surface area (Å²) in [7, 11) is -3.04. The van der Waals surface area contributed by atoms with E-state index < -0.39 is 10.0 Å². The van der Waals surface area contributed by atoms with Gasteiger partial charge in [0.05, 0.1) is 17.3 Å². The SMILES string of the molecule is O=S(=O)(C1CC1)N1C2CCC1c1ccccc12. The molecule has 17 heavy (non-hydrogen) atoms. The molecule has 2 heterocycles. The number of rotatable bonds is 2. The number of fused-ring (bicyclic) bond motifs is 5. The number of sulfonamides is 1. The highest BCUT2D eigenvalue weighted by Gasteiger charge is 2.53. The zero-order valence-electron chi connectivity index (χ0n) is 9.54. The van der Waals surface area contributed by atoms with E-state index in [1.165, 1.54) is 11.1 Å². The van der Waals surface area contributed by atoms with E-state index in [1.807, 2.05) is 16.4 Å². The summed E-state index contributed by atoms with van der Waals surface area (Å²) in [4.78, 5) is 0. The third-order valence-corrected chi connectivity index (χ3v) is 6.69. The van der Waals surface area contributed by atoms with Gasteiger partial charge in [0.2, 0.25) is 10.0 Å². The Bertz CT molecular complexity index is 546. The molecule has 3 nitrogen and oxygen atoms in total. The highest BCUT2D eigenvalue weighted by molar-refractivity contribution is 7.90. The topological polar surface area (TPSA) is 37.4 Å². The summed E-state index contributed by atoms with van der Waals surface area (Å²) in [5, 5.41) is -0.0834. The van der Waals surface area contributed by atoms with Crippen molar-refractivity contribution in [3.8, 4) is 0 Å². The molecule has 2 atom stereocenters. The molecule has 2 aliphatic heterocycles. The fraction of sp³-hybridized carbons (Fsp3) is 0.538. The molecule has 0 spiro atoms. The van der Waals surface area contributed by atoms with Crippen LogP contribution in [0.2, 0.25) is 0 Å². The molecule has 1 aromatic carbocycles. The Hall–Kier alpha value is -0.870. The first kappa shape index (κ1) is 10.1. The zero-order chi connectivity index (χ0) is 11.6. The lowest BCUT2D eigenvalue weighted by Crippen LogP contribution is -2.31. The second-order valence-electron chi connectivity index (χ2n) is 5.31. The minimum Gasteiger partial charge on any atom is -0.212 e. The molecule has 1 saturated carbocycles. The van der Waals surface area contributed by atoms with Crippen molar-refractivity contribution < 1.29 is 8.42 Å². The Morgan fingerprint density at radius 1 is 0.941 bits per heavy atom. The molecular weight excluding hydrogens is 234 g/mol. The van der Waals surface area contributed by atoms with E-state index in [0.717, 1.165) is 25.7 Å². The Kier molecular flexibility index (Phi) is 1.85. The average molecular weight is 249 g/mol. The number of benzene rings is 1. The molecule has 90 valence electrons. The number of hydrogen-bond acceptors (Lipinski definition) is 2. The Morgan fingerprint density at radius 3 is 1.94 bits per heavy atom. The van der Waals surface area contributed by atoms with Crippen molar-refractivity contribution in [3.63, 3.8) is 0 Å². The molecule has 1 aliphatic carbocycles. The van der Waals surface area contributed by atoms with Gasteiger partial charge in [-0.1, -0.05) is 24.3 Å². The van der Waals surface area contributed by atoms with Crippen LogP contribution in [-0.2, 0) is 10.0 Å². The highest BCUT2D eigenvalue weighted by atomic mass is 32.2. The highest BCUT2D eigenvalue weighted by Crippen LogP contribution is 2.56. The van der Waals surface area contributed by atoms with Gasteiger partial charge in [0.1, 0.15) is 0 Å². The van der Waals surface area contributed by atoms with Crippen molar-refractivity contribution in [2.45, 2.75) is 43.0 Å². The van der Waals surface area contributed by atoms with Crippen LogP contribution in [0.1, 0.15) is 48.9 Å². The standard InChI is InChI=1S/C13H15NO2S/c15-17(16,9-5-6-9)14-12-7-8-13(14)11-4-2-1-3-10(11)12/h1-4,9,12-13H,5-8H2. The van der Waals surface area contributed by atoms with Gasteiger partial charge in [0, 0.05) is 0 Å². The molecule has 0 N–H and O–H groups in total. The molecule has 0 radical (unpaired) electrons. The van der Waals surface area contributed by atoms with E-state index in [9.17, 15) is 8.42 Å². The van der Waals surface area contributed by atoms with Crippen LogP contribution in [0.15, 0.2) is 24.3 Å². The van der Waals surface area contributed by atoms with Crippen molar-refractivity contribution in [2.75, 3.05) is 0 Å². The number of nitrogens with zero attached hydrogens (tertiary/aromatic N) is 1. The minimum atomic E-state index is -3.04. The van der Waals surface area contributed by atoms with Crippen molar-refractivity contribution in [2.24, 2.45) is 0 Å². The lowest BCUT2D eigenvalue weighted by Gasteiger charge is -2.21. The third-order valence-electron chi connectivity index (χ3n) is 4.28. The van der Waals surface area contributed by atoms with Gasteiger partial charge >= 0.3 is 0 Å². The van der Waals surface area contributed by atoms with Crippen molar-refractivity contribution in [1.29, 1.82) is 0 Å². The second-order valence-corrected chi connectivity index (χ2v) is 7.43. The van der Waals surface area contributed by atoms with Gasteiger partial charge in [-0.25, -0.2) is 8.42 Å². The monoisotopic (exact) mass is 249 g/mol. The van der Waals surface area contributed by atoms with Gasteiger partial charge in [0.15, 0.2) is 0 Å². The fourth-order valence-corrected chi connectivity index (χ4v) is 5.61. The van der Waals surface area contributed by atoms with Crippen LogP contribution >= 0.6 is 0 Å². The predicted octanol–water partition coefficient (Wildman–Crippen LogP) is 2.37. The van der Waals surface area contributed by atoms with Crippen molar-refractivity contribution in [1.82, 2.24) is 4.31 Å². The van der Waals surface area contributed by atoms with Crippen molar-refractivity contribution in [3.05, 3.63) is 35.4 Å². The van der Waals surface area contributed by atoms with Crippen LogP contribution < -0.4 is 0 Å². The van der Waals surface area contributed by atoms with E-state index in [1.54, 1.807) is 0 Å². The lowest BCUT2D eigenvalue weighted by molar-refractivity contribution is 0.365. The van der Waals surface area contributed by atoms with Gasteiger partial charge in [-0.2, -0.15) is 4.31 Å². The maximum absolute atomic E-state index is 12.5. The molecular formula is C13H15NO2S. The first-order valence-corrected chi connectivity index (χ1v) is 7.81. The molecule has 1 aromatic rings. The minimum absolute atomic E-state index is 0.0834. The fourth-order valence-electron chi connectivity index (χ4n) is 3.38. The summed E-state index contributed by atoms with van der Waals surface area (Å²) in [6.45, 7) is 0. The molecule has 4 heteroatoms. The molecule has 0 amide bonds. The summed E-state index contributed by atoms with van der Waals surface area (Å²) >= 11 is 0. The van der Waals surface area contributed by atoms with E-state index in [0.29, 0.717) is 0 Å². The predicted molar refractivity (Wildman–Crippen MR) is 64.9 cm³/mol. The summed E-state index contributed by atoms with van der Waals surface area (Å²) in [5.74, 6) is 0. The van der Waals surface area contributed by atoms with E-state index >= 15 is 0 Å². The van der Waals surface area contributed by atoms with Crippen LogP contribution in [0.4, 0.5) is 0 Å².